The molecule has 0 bridgehead atoms. The molecule has 0 radical (unpaired) electrons. The Balaban J connectivity index is 2.08. The first kappa shape index (κ1) is 10.2. The lowest BCUT2D eigenvalue weighted by Crippen LogP contribution is -1.88. The van der Waals surface area contributed by atoms with Crippen LogP contribution in [0.25, 0.3) is 0 Å². The molecule has 0 aliphatic rings. The number of rotatable bonds is 3. The van der Waals surface area contributed by atoms with Gasteiger partial charge < -0.3 is 0 Å². The van der Waals surface area contributed by atoms with Crippen molar-refractivity contribution in [3.63, 3.8) is 0 Å². The van der Waals surface area contributed by atoms with Crippen LogP contribution in [0.3, 0.4) is 0 Å². The maximum absolute atomic E-state index is 4.31. The zero-order chi connectivity index (χ0) is 10.5. The molecule has 0 unspecified atom stereocenters. The fraction of sp³-hybridized carbons (Fsp3) is 0.154. The summed E-state index contributed by atoms with van der Waals surface area (Å²) in [7, 11) is 0. The van der Waals surface area contributed by atoms with Gasteiger partial charge in [-0.05, 0) is 24.6 Å². The Morgan fingerprint density at radius 2 is 1.73 bits per heavy atom. The summed E-state index contributed by atoms with van der Waals surface area (Å²) >= 11 is 1.79. The molecule has 1 heterocycles. The Hall–Kier alpha value is -1.28. The molecule has 0 amide bonds. The first-order valence-electron chi connectivity index (χ1n) is 4.99. The van der Waals surface area contributed by atoms with E-state index in [9.17, 15) is 0 Å². The molecule has 0 aliphatic heterocycles. The molecule has 0 fully saturated rings. The van der Waals surface area contributed by atoms with Crippen molar-refractivity contribution in [2.24, 2.45) is 0 Å². The number of pyridine rings is 1. The van der Waals surface area contributed by atoms with E-state index < -0.39 is 0 Å². The van der Waals surface area contributed by atoms with Gasteiger partial charge in [0.2, 0.25) is 0 Å². The quantitative estimate of drug-likeness (QED) is 0.719. The van der Waals surface area contributed by atoms with Gasteiger partial charge in [-0.3, -0.25) is 0 Å². The lowest BCUT2D eigenvalue weighted by molar-refractivity contribution is 1.06. The van der Waals surface area contributed by atoms with Crippen molar-refractivity contribution in [2.45, 2.75) is 17.2 Å². The van der Waals surface area contributed by atoms with E-state index >= 15 is 0 Å². The molecule has 2 aromatic rings. The van der Waals surface area contributed by atoms with Crippen molar-refractivity contribution in [3.05, 3.63) is 60.3 Å². The van der Waals surface area contributed by atoms with Crippen molar-refractivity contribution in [2.75, 3.05) is 0 Å². The van der Waals surface area contributed by atoms with Crippen LogP contribution in [0.1, 0.15) is 17.7 Å². The van der Waals surface area contributed by atoms with Gasteiger partial charge in [-0.1, -0.05) is 48.2 Å². The number of nitrogens with zero attached hydrogens (tertiary/aromatic N) is 1. The number of thioether (sulfide) groups is 1. The number of benzene rings is 1. The van der Waals surface area contributed by atoms with Gasteiger partial charge in [0.05, 0.1) is 5.03 Å². The molecule has 1 nitrogen and oxygen atoms in total. The zero-order valence-corrected chi connectivity index (χ0v) is 9.45. The molecule has 0 spiro atoms. The van der Waals surface area contributed by atoms with Gasteiger partial charge in [0.25, 0.3) is 0 Å². The fourth-order valence-corrected chi connectivity index (χ4v) is 2.32. The van der Waals surface area contributed by atoms with Gasteiger partial charge in [0.15, 0.2) is 0 Å². The Labute approximate surface area is 94.6 Å². The van der Waals surface area contributed by atoms with E-state index in [4.69, 9.17) is 0 Å². The molecular formula is C13H13NS. The van der Waals surface area contributed by atoms with Crippen LogP contribution in [0, 0.1) is 0 Å². The summed E-state index contributed by atoms with van der Waals surface area (Å²) in [5.74, 6) is 0. The van der Waals surface area contributed by atoms with E-state index in [-0.39, 0.29) is 0 Å². The summed E-state index contributed by atoms with van der Waals surface area (Å²) in [5, 5.41) is 1.52. The molecule has 76 valence electrons. The third-order valence-corrected chi connectivity index (χ3v) is 3.31. The topological polar surface area (TPSA) is 12.9 Å². The average Bonchev–Trinajstić information content (AvgIpc) is 2.31. The average molecular weight is 215 g/mol. The summed E-state index contributed by atoms with van der Waals surface area (Å²) in [6.45, 7) is 2.20. The molecule has 0 aliphatic carbocycles. The molecule has 1 aromatic carbocycles. The minimum absolute atomic E-state index is 0.445. The lowest BCUT2D eigenvalue weighted by atomic mass is 10.2. The van der Waals surface area contributed by atoms with E-state index in [1.165, 1.54) is 5.56 Å². The first-order valence-corrected chi connectivity index (χ1v) is 5.87. The second kappa shape index (κ2) is 4.99. The van der Waals surface area contributed by atoms with Crippen molar-refractivity contribution >= 4 is 11.8 Å². The molecule has 0 saturated carbocycles. The highest BCUT2D eigenvalue weighted by molar-refractivity contribution is 7.99. The third-order valence-electron chi connectivity index (χ3n) is 2.20. The van der Waals surface area contributed by atoms with Crippen LogP contribution >= 0.6 is 11.8 Å². The van der Waals surface area contributed by atoms with Crippen LogP contribution in [0.4, 0.5) is 0 Å². The summed E-state index contributed by atoms with van der Waals surface area (Å²) in [6.07, 6.45) is 1.83. The molecule has 0 saturated heterocycles. The van der Waals surface area contributed by atoms with Gasteiger partial charge in [-0.15, -0.1) is 0 Å². The molecule has 0 N–H and O–H groups in total. The van der Waals surface area contributed by atoms with Crippen LogP contribution in [-0.4, -0.2) is 4.98 Å². The minimum atomic E-state index is 0.445. The normalized spacial score (nSPS) is 12.3. The lowest BCUT2D eigenvalue weighted by Gasteiger charge is -2.10. The van der Waals surface area contributed by atoms with Crippen LogP contribution in [-0.2, 0) is 0 Å². The fourth-order valence-electron chi connectivity index (χ4n) is 1.39. The van der Waals surface area contributed by atoms with Crippen molar-refractivity contribution < 1.29 is 0 Å². The highest BCUT2D eigenvalue weighted by Gasteiger charge is 2.06. The maximum atomic E-state index is 4.31. The highest BCUT2D eigenvalue weighted by atomic mass is 32.2. The second-order valence-electron chi connectivity index (χ2n) is 3.34. The monoisotopic (exact) mass is 215 g/mol. The minimum Gasteiger partial charge on any atom is -0.250 e. The van der Waals surface area contributed by atoms with E-state index in [1.54, 1.807) is 11.8 Å². The molecule has 1 atom stereocenters. The van der Waals surface area contributed by atoms with Gasteiger partial charge in [0.1, 0.15) is 0 Å². The largest absolute Gasteiger partial charge is 0.250 e. The smallest absolute Gasteiger partial charge is 0.0965 e. The first-order chi connectivity index (χ1) is 7.36. The number of hydrogen-bond donors (Lipinski definition) is 0. The van der Waals surface area contributed by atoms with Gasteiger partial charge in [-0.25, -0.2) is 4.98 Å². The van der Waals surface area contributed by atoms with Crippen molar-refractivity contribution in [3.8, 4) is 0 Å². The molecular weight excluding hydrogens is 202 g/mol. The molecule has 15 heavy (non-hydrogen) atoms. The Morgan fingerprint density at radius 3 is 2.40 bits per heavy atom. The van der Waals surface area contributed by atoms with E-state index in [0.717, 1.165) is 5.03 Å². The second-order valence-corrected chi connectivity index (χ2v) is 4.70. The zero-order valence-electron chi connectivity index (χ0n) is 8.63. The summed E-state index contributed by atoms with van der Waals surface area (Å²) in [5.41, 5.74) is 1.34. The summed E-state index contributed by atoms with van der Waals surface area (Å²) < 4.78 is 0. The summed E-state index contributed by atoms with van der Waals surface area (Å²) in [6, 6.07) is 16.5. The van der Waals surface area contributed by atoms with Crippen LogP contribution < -0.4 is 0 Å². The Morgan fingerprint density at radius 1 is 1.00 bits per heavy atom. The van der Waals surface area contributed by atoms with Crippen LogP contribution in [0.5, 0.6) is 0 Å². The predicted octanol–water partition coefficient (Wildman–Crippen LogP) is 3.93. The van der Waals surface area contributed by atoms with E-state index in [2.05, 4.69) is 36.2 Å². The number of hydrogen-bond acceptors (Lipinski definition) is 2. The summed E-state index contributed by atoms with van der Waals surface area (Å²) in [4.78, 5) is 4.31. The van der Waals surface area contributed by atoms with Crippen LogP contribution in [0.2, 0.25) is 0 Å². The predicted molar refractivity (Wildman–Crippen MR) is 65.0 cm³/mol. The third kappa shape index (κ3) is 2.83. The van der Waals surface area contributed by atoms with Crippen molar-refractivity contribution in [1.29, 1.82) is 0 Å². The number of aromatic nitrogens is 1. The van der Waals surface area contributed by atoms with Gasteiger partial charge in [-0.2, -0.15) is 0 Å². The molecule has 2 heteroatoms. The Bertz CT molecular complexity index is 399. The maximum Gasteiger partial charge on any atom is 0.0965 e. The highest BCUT2D eigenvalue weighted by Crippen LogP contribution is 2.32. The van der Waals surface area contributed by atoms with Crippen LogP contribution in [0.15, 0.2) is 59.8 Å². The van der Waals surface area contributed by atoms with Gasteiger partial charge in [0, 0.05) is 11.4 Å². The van der Waals surface area contributed by atoms with E-state index in [0.29, 0.717) is 5.25 Å². The SMILES string of the molecule is C[C@H](Sc1ccccn1)c1ccccc1. The van der Waals surface area contributed by atoms with Gasteiger partial charge >= 0.3 is 0 Å². The molecule has 2 rings (SSSR count). The standard InChI is InChI=1S/C13H13NS/c1-11(12-7-3-2-4-8-12)15-13-9-5-6-10-14-13/h2-11H,1H3/t11-/m0/s1. The Kier molecular flexibility index (Phi) is 3.41. The van der Waals surface area contributed by atoms with E-state index in [1.807, 2.05) is 30.5 Å². The van der Waals surface area contributed by atoms with Crippen molar-refractivity contribution in [1.82, 2.24) is 4.98 Å². The molecule has 1 aromatic heterocycles.